The Bertz CT molecular complexity index is 621. The van der Waals surface area contributed by atoms with Crippen molar-refractivity contribution >= 4 is 11.8 Å². The Hall–Kier alpha value is -1.98. The number of nitrogens with one attached hydrogen (secondary N) is 1. The molecule has 0 radical (unpaired) electrons. The van der Waals surface area contributed by atoms with Crippen LogP contribution in [0.25, 0.3) is 0 Å². The quantitative estimate of drug-likeness (QED) is 0.871. The zero-order chi connectivity index (χ0) is 17.4. The van der Waals surface area contributed by atoms with Crippen LogP contribution in [-0.2, 0) is 0 Å². The molecule has 2 aliphatic rings. The van der Waals surface area contributed by atoms with Crippen LogP contribution in [-0.4, -0.2) is 41.3 Å². The predicted molar refractivity (Wildman–Crippen MR) is 90.4 cm³/mol. The minimum atomic E-state index is -0.858. The molecule has 0 spiro atoms. The lowest BCUT2D eigenvalue weighted by atomic mass is 9.84. The smallest absolute Gasteiger partial charge is 0.407 e. The van der Waals surface area contributed by atoms with Crippen LogP contribution >= 0.6 is 0 Å². The third-order valence-corrected chi connectivity index (χ3v) is 5.17. The maximum atomic E-state index is 15.1. The van der Waals surface area contributed by atoms with Gasteiger partial charge in [0.2, 0.25) is 0 Å². The summed E-state index contributed by atoms with van der Waals surface area (Å²) in [5, 5.41) is 12.5. The molecular formula is C18H25FN2O3. The van der Waals surface area contributed by atoms with Crippen LogP contribution in [0.15, 0.2) is 12.1 Å². The summed E-state index contributed by atoms with van der Waals surface area (Å²) in [5.41, 5.74) is 1.07. The molecule has 2 N–H and O–H groups in total. The topological polar surface area (TPSA) is 61.8 Å². The fraction of sp³-hybridized carbons (Fsp3) is 0.611. The van der Waals surface area contributed by atoms with E-state index in [9.17, 15) is 9.90 Å². The van der Waals surface area contributed by atoms with Gasteiger partial charge in [0.05, 0.1) is 12.8 Å². The molecule has 0 aliphatic carbocycles. The van der Waals surface area contributed by atoms with Crippen molar-refractivity contribution in [2.24, 2.45) is 0 Å². The standard InChI is InChI=1S/C18H25FN2O3/c1-10(2)20-14-6-7-15(24-3)16(17(14)19)11-8-12-4-5-13(9-11)21(12)18(22)23/h6-7,10-13,20H,4-5,8-9H2,1-3H3,(H,22,23). The summed E-state index contributed by atoms with van der Waals surface area (Å²) in [6, 6.07) is 3.60. The highest BCUT2D eigenvalue weighted by Gasteiger charge is 2.45. The molecule has 2 fully saturated rings. The van der Waals surface area contributed by atoms with Gasteiger partial charge in [-0.2, -0.15) is 0 Å². The molecular weight excluding hydrogens is 311 g/mol. The zero-order valence-corrected chi connectivity index (χ0v) is 14.4. The van der Waals surface area contributed by atoms with Gasteiger partial charge in [0.15, 0.2) is 5.82 Å². The fourth-order valence-electron chi connectivity index (χ4n) is 4.28. The lowest BCUT2D eigenvalue weighted by Crippen LogP contribution is -2.45. The van der Waals surface area contributed by atoms with Gasteiger partial charge in [-0.15, -0.1) is 0 Å². The minimum Gasteiger partial charge on any atom is -0.496 e. The molecule has 1 aromatic carbocycles. The van der Waals surface area contributed by atoms with Crippen molar-refractivity contribution < 1.29 is 19.0 Å². The van der Waals surface area contributed by atoms with E-state index >= 15 is 4.39 Å². The summed E-state index contributed by atoms with van der Waals surface area (Å²) in [6.45, 7) is 3.93. The van der Waals surface area contributed by atoms with Crippen molar-refractivity contribution in [2.75, 3.05) is 12.4 Å². The van der Waals surface area contributed by atoms with Crippen LogP contribution in [0.4, 0.5) is 14.9 Å². The highest BCUT2D eigenvalue weighted by atomic mass is 19.1. The number of nitrogens with zero attached hydrogens (tertiary/aromatic N) is 1. The van der Waals surface area contributed by atoms with Crippen LogP contribution in [0.3, 0.4) is 0 Å². The first-order valence-corrected chi connectivity index (χ1v) is 8.56. The van der Waals surface area contributed by atoms with Crippen molar-refractivity contribution in [1.82, 2.24) is 4.90 Å². The van der Waals surface area contributed by atoms with Crippen molar-refractivity contribution in [3.63, 3.8) is 0 Å². The number of rotatable bonds is 4. The van der Waals surface area contributed by atoms with E-state index in [1.165, 1.54) is 0 Å². The second-order valence-electron chi connectivity index (χ2n) is 7.09. The van der Waals surface area contributed by atoms with Gasteiger partial charge < -0.3 is 20.1 Å². The van der Waals surface area contributed by atoms with Gasteiger partial charge in [-0.25, -0.2) is 9.18 Å². The number of carbonyl (C=O) groups is 1. The monoisotopic (exact) mass is 336 g/mol. The van der Waals surface area contributed by atoms with Crippen LogP contribution < -0.4 is 10.1 Å². The highest BCUT2D eigenvalue weighted by Crippen LogP contribution is 2.47. The van der Waals surface area contributed by atoms with Crippen molar-refractivity contribution in [3.8, 4) is 5.75 Å². The SMILES string of the molecule is COc1ccc(NC(C)C)c(F)c1C1CC2CCC(C1)N2C(=O)O. The molecule has 132 valence electrons. The largest absolute Gasteiger partial charge is 0.496 e. The summed E-state index contributed by atoms with van der Waals surface area (Å²) in [5.74, 6) is 0.271. The number of methoxy groups -OCH3 is 1. The van der Waals surface area contributed by atoms with E-state index in [-0.39, 0.29) is 29.9 Å². The highest BCUT2D eigenvalue weighted by molar-refractivity contribution is 5.67. The maximum Gasteiger partial charge on any atom is 0.407 e. The third kappa shape index (κ3) is 2.89. The second-order valence-corrected chi connectivity index (χ2v) is 7.09. The van der Waals surface area contributed by atoms with Gasteiger partial charge in [0, 0.05) is 23.7 Å². The Balaban J connectivity index is 1.93. The number of carboxylic acid groups (broad SMARTS) is 1. The van der Waals surface area contributed by atoms with E-state index in [0.29, 0.717) is 29.8 Å². The zero-order valence-electron chi connectivity index (χ0n) is 14.4. The lowest BCUT2D eigenvalue weighted by Gasteiger charge is -2.37. The number of ether oxygens (including phenoxy) is 1. The summed E-state index contributed by atoms with van der Waals surface area (Å²) in [7, 11) is 1.55. The molecule has 2 heterocycles. The first-order valence-electron chi connectivity index (χ1n) is 8.56. The Morgan fingerprint density at radius 1 is 1.33 bits per heavy atom. The number of piperidine rings is 1. The first kappa shape index (κ1) is 16.9. The number of hydrogen-bond donors (Lipinski definition) is 2. The Labute approximate surface area is 141 Å². The fourth-order valence-corrected chi connectivity index (χ4v) is 4.28. The van der Waals surface area contributed by atoms with Crippen molar-refractivity contribution in [2.45, 2.75) is 63.6 Å². The first-order chi connectivity index (χ1) is 11.4. The Morgan fingerprint density at radius 3 is 2.46 bits per heavy atom. The Kier molecular flexibility index (Phi) is 4.56. The molecule has 2 saturated heterocycles. The molecule has 1 amide bonds. The summed E-state index contributed by atoms with van der Waals surface area (Å²) < 4.78 is 20.5. The van der Waals surface area contributed by atoms with Gasteiger partial charge in [0.1, 0.15) is 5.75 Å². The second kappa shape index (κ2) is 6.49. The molecule has 2 atom stereocenters. The van der Waals surface area contributed by atoms with E-state index in [1.54, 1.807) is 24.1 Å². The molecule has 2 bridgehead atoms. The van der Waals surface area contributed by atoms with Crippen LogP contribution in [0.2, 0.25) is 0 Å². The molecule has 0 aromatic heterocycles. The average Bonchev–Trinajstić information content (AvgIpc) is 2.80. The van der Waals surface area contributed by atoms with Crippen molar-refractivity contribution in [3.05, 3.63) is 23.5 Å². The number of halogens is 1. The average molecular weight is 336 g/mol. The van der Waals surface area contributed by atoms with Gasteiger partial charge >= 0.3 is 6.09 Å². The maximum absolute atomic E-state index is 15.1. The number of amides is 1. The van der Waals surface area contributed by atoms with E-state index < -0.39 is 6.09 Å². The van der Waals surface area contributed by atoms with E-state index in [1.807, 2.05) is 13.8 Å². The molecule has 5 nitrogen and oxygen atoms in total. The number of fused-ring (bicyclic) bond motifs is 2. The molecule has 2 unspecified atom stereocenters. The molecule has 2 aliphatic heterocycles. The molecule has 0 saturated carbocycles. The summed E-state index contributed by atoms with van der Waals surface area (Å²) in [4.78, 5) is 13.0. The van der Waals surface area contributed by atoms with Gasteiger partial charge in [-0.3, -0.25) is 0 Å². The summed E-state index contributed by atoms with van der Waals surface area (Å²) in [6.07, 6.45) is 2.18. The van der Waals surface area contributed by atoms with Gasteiger partial charge in [-0.05, 0) is 57.6 Å². The van der Waals surface area contributed by atoms with E-state index in [4.69, 9.17) is 4.74 Å². The molecule has 6 heteroatoms. The predicted octanol–water partition coefficient (Wildman–Crippen LogP) is 4.04. The molecule has 24 heavy (non-hydrogen) atoms. The Morgan fingerprint density at radius 2 is 1.96 bits per heavy atom. The van der Waals surface area contributed by atoms with Crippen LogP contribution in [0, 0.1) is 5.82 Å². The number of hydrogen-bond acceptors (Lipinski definition) is 3. The van der Waals surface area contributed by atoms with Crippen molar-refractivity contribution in [1.29, 1.82) is 0 Å². The van der Waals surface area contributed by atoms with E-state index in [2.05, 4.69) is 5.32 Å². The number of benzene rings is 1. The minimum absolute atomic E-state index is 0.0121. The van der Waals surface area contributed by atoms with Crippen LogP contribution in [0.1, 0.15) is 51.0 Å². The lowest BCUT2D eigenvalue weighted by molar-refractivity contribution is 0.0958. The molecule has 1 aromatic rings. The molecule has 3 rings (SSSR count). The van der Waals surface area contributed by atoms with Crippen LogP contribution in [0.5, 0.6) is 5.75 Å². The number of anilines is 1. The summed E-state index contributed by atoms with van der Waals surface area (Å²) >= 11 is 0. The van der Waals surface area contributed by atoms with E-state index in [0.717, 1.165) is 12.8 Å². The normalized spacial score (nSPS) is 25.9. The van der Waals surface area contributed by atoms with Gasteiger partial charge in [-0.1, -0.05) is 0 Å². The van der Waals surface area contributed by atoms with Gasteiger partial charge in [0.25, 0.3) is 0 Å². The third-order valence-electron chi connectivity index (χ3n) is 5.17.